The van der Waals surface area contributed by atoms with Gasteiger partial charge in [0.05, 0.1) is 18.8 Å². The molecule has 1 aliphatic rings. The summed E-state index contributed by atoms with van der Waals surface area (Å²) in [6, 6.07) is 3.36. The van der Waals surface area contributed by atoms with Crippen LogP contribution in [0.5, 0.6) is 0 Å². The lowest BCUT2D eigenvalue weighted by molar-refractivity contribution is 0.0398. The molecule has 1 saturated heterocycles. The molecular formula is C17H19F2N5O2. The Balaban J connectivity index is 1.52. The van der Waals surface area contributed by atoms with Crippen molar-refractivity contribution in [2.45, 2.75) is 0 Å². The van der Waals surface area contributed by atoms with Crippen molar-refractivity contribution in [2.75, 3.05) is 50.0 Å². The van der Waals surface area contributed by atoms with E-state index in [9.17, 15) is 13.6 Å². The fraction of sp³-hybridized carbons (Fsp3) is 0.353. The van der Waals surface area contributed by atoms with Gasteiger partial charge in [-0.05, 0) is 12.1 Å². The summed E-state index contributed by atoms with van der Waals surface area (Å²) >= 11 is 0. The van der Waals surface area contributed by atoms with Crippen LogP contribution in [-0.2, 0) is 4.74 Å². The number of carbonyl (C=O) groups excluding carboxylic acids is 1. The molecule has 1 amide bonds. The maximum atomic E-state index is 13.6. The Morgan fingerprint density at radius 3 is 2.46 bits per heavy atom. The molecule has 2 aromatic rings. The van der Waals surface area contributed by atoms with Gasteiger partial charge < -0.3 is 15.4 Å². The quantitative estimate of drug-likeness (QED) is 0.814. The first-order valence-electron chi connectivity index (χ1n) is 8.25. The number of aromatic nitrogens is 2. The third-order valence-electron chi connectivity index (χ3n) is 3.93. The number of para-hydroxylation sites is 1. The molecule has 0 bridgehead atoms. The molecule has 2 heterocycles. The van der Waals surface area contributed by atoms with E-state index in [1.807, 2.05) is 0 Å². The SMILES string of the molecule is O=C(Nc1c(F)cccc1F)c1cnc(NCCN2CCOCC2)nc1. The van der Waals surface area contributed by atoms with Crippen molar-refractivity contribution in [1.82, 2.24) is 14.9 Å². The second-order valence-corrected chi connectivity index (χ2v) is 5.73. The fourth-order valence-electron chi connectivity index (χ4n) is 2.49. The van der Waals surface area contributed by atoms with E-state index in [1.165, 1.54) is 18.5 Å². The van der Waals surface area contributed by atoms with Crippen molar-refractivity contribution >= 4 is 17.5 Å². The zero-order chi connectivity index (χ0) is 18.4. The molecule has 3 rings (SSSR count). The van der Waals surface area contributed by atoms with E-state index < -0.39 is 23.2 Å². The molecule has 1 fully saturated rings. The summed E-state index contributed by atoms with van der Waals surface area (Å²) in [7, 11) is 0. The van der Waals surface area contributed by atoms with Crippen LogP contribution in [0.1, 0.15) is 10.4 Å². The molecule has 26 heavy (non-hydrogen) atoms. The second kappa shape index (κ2) is 8.63. The maximum Gasteiger partial charge on any atom is 0.258 e. The predicted molar refractivity (Wildman–Crippen MR) is 92.1 cm³/mol. The zero-order valence-corrected chi connectivity index (χ0v) is 14.0. The largest absolute Gasteiger partial charge is 0.379 e. The summed E-state index contributed by atoms with van der Waals surface area (Å²) in [5, 5.41) is 5.26. The molecule has 1 aromatic heterocycles. The van der Waals surface area contributed by atoms with E-state index in [4.69, 9.17) is 4.74 Å². The van der Waals surface area contributed by atoms with Gasteiger partial charge in [-0.2, -0.15) is 0 Å². The van der Waals surface area contributed by atoms with Gasteiger partial charge >= 0.3 is 0 Å². The smallest absolute Gasteiger partial charge is 0.258 e. The third-order valence-corrected chi connectivity index (χ3v) is 3.93. The normalized spacial score (nSPS) is 14.8. The number of benzene rings is 1. The summed E-state index contributed by atoms with van der Waals surface area (Å²) in [5.74, 6) is -2.00. The van der Waals surface area contributed by atoms with Gasteiger partial charge in [0.1, 0.15) is 17.3 Å². The zero-order valence-electron chi connectivity index (χ0n) is 14.0. The second-order valence-electron chi connectivity index (χ2n) is 5.73. The number of anilines is 2. The van der Waals surface area contributed by atoms with Gasteiger partial charge in [0.2, 0.25) is 5.95 Å². The fourth-order valence-corrected chi connectivity index (χ4v) is 2.49. The molecule has 0 aliphatic carbocycles. The molecule has 1 aliphatic heterocycles. The number of carbonyl (C=O) groups is 1. The van der Waals surface area contributed by atoms with Gasteiger partial charge in [-0.3, -0.25) is 9.69 Å². The van der Waals surface area contributed by atoms with Crippen LogP contribution in [0.2, 0.25) is 0 Å². The number of halogens is 2. The summed E-state index contributed by atoms with van der Waals surface area (Å²) in [6.07, 6.45) is 2.61. The van der Waals surface area contributed by atoms with Crippen molar-refractivity contribution in [2.24, 2.45) is 0 Å². The Morgan fingerprint density at radius 2 is 1.81 bits per heavy atom. The minimum absolute atomic E-state index is 0.103. The Hall–Kier alpha value is -2.65. The molecule has 138 valence electrons. The van der Waals surface area contributed by atoms with Gasteiger partial charge in [0.15, 0.2) is 0 Å². The Morgan fingerprint density at radius 1 is 1.15 bits per heavy atom. The predicted octanol–water partition coefficient (Wildman–Crippen LogP) is 1.75. The van der Waals surface area contributed by atoms with Crippen molar-refractivity contribution in [3.63, 3.8) is 0 Å². The first-order chi connectivity index (χ1) is 12.6. The number of nitrogens with one attached hydrogen (secondary N) is 2. The van der Waals surface area contributed by atoms with E-state index >= 15 is 0 Å². The molecule has 2 N–H and O–H groups in total. The molecule has 0 spiro atoms. The highest BCUT2D eigenvalue weighted by atomic mass is 19.1. The summed E-state index contributed by atoms with van der Waals surface area (Å²) < 4.78 is 32.4. The standard InChI is InChI=1S/C17H19F2N5O2/c18-13-2-1-3-14(19)15(13)23-16(25)12-10-21-17(22-11-12)20-4-5-24-6-8-26-9-7-24/h1-3,10-11H,4-9H2,(H,23,25)(H,20,21,22). The first kappa shape index (κ1) is 18.2. The maximum absolute atomic E-state index is 13.6. The number of rotatable bonds is 6. The van der Waals surface area contributed by atoms with Crippen LogP contribution in [0.3, 0.4) is 0 Å². The van der Waals surface area contributed by atoms with E-state index in [0.29, 0.717) is 12.5 Å². The molecule has 0 atom stereocenters. The number of ether oxygens (including phenoxy) is 1. The monoisotopic (exact) mass is 363 g/mol. The lowest BCUT2D eigenvalue weighted by Gasteiger charge is -2.26. The molecule has 1 aromatic carbocycles. The summed E-state index contributed by atoms with van der Waals surface area (Å²) in [4.78, 5) is 22.5. The van der Waals surface area contributed by atoms with E-state index in [-0.39, 0.29) is 5.56 Å². The molecule has 0 saturated carbocycles. The van der Waals surface area contributed by atoms with E-state index in [2.05, 4.69) is 25.5 Å². The van der Waals surface area contributed by atoms with Crippen LogP contribution in [-0.4, -0.2) is 60.2 Å². The Kier molecular flexibility index (Phi) is 6.03. The van der Waals surface area contributed by atoms with Crippen LogP contribution in [0.25, 0.3) is 0 Å². The highest BCUT2D eigenvalue weighted by Gasteiger charge is 2.14. The highest BCUT2D eigenvalue weighted by molar-refractivity contribution is 6.04. The molecule has 7 nitrogen and oxygen atoms in total. The Labute approximate surface area is 149 Å². The third kappa shape index (κ3) is 4.70. The van der Waals surface area contributed by atoms with E-state index in [1.54, 1.807) is 0 Å². The lowest BCUT2D eigenvalue weighted by atomic mass is 10.2. The van der Waals surface area contributed by atoms with Crippen LogP contribution in [0.4, 0.5) is 20.4 Å². The minimum Gasteiger partial charge on any atom is -0.379 e. The van der Waals surface area contributed by atoms with Gasteiger partial charge in [-0.15, -0.1) is 0 Å². The van der Waals surface area contributed by atoms with Crippen LogP contribution in [0.15, 0.2) is 30.6 Å². The van der Waals surface area contributed by atoms with Gasteiger partial charge in [-0.1, -0.05) is 6.07 Å². The summed E-state index contributed by atoms with van der Waals surface area (Å²) in [5.41, 5.74) is -0.392. The van der Waals surface area contributed by atoms with Crippen molar-refractivity contribution < 1.29 is 18.3 Å². The van der Waals surface area contributed by atoms with Crippen LogP contribution < -0.4 is 10.6 Å². The number of hydrogen-bond donors (Lipinski definition) is 2. The molecule has 0 unspecified atom stereocenters. The van der Waals surface area contributed by atoms with Gasteiger partial charge in [-0.25, -0.2) is 18.7 Å². The summed E-state index contributed by atoms with van der Waals surface area (Å²) in [6.45, 7) is 4.77. The molecular weight excluding hydrogens is 344 g/mol. The number of hydrogen-bond acceptors (Lipinski definition) is 6. The van der Waals surface area contributed by atoms with Crippen LogP contribution >= 0.6 is 0 Å². The highest BCUT2D eigenvalue weighted by Crippen LogP contribution is 2.18. The lowest BCUT2D eigenvalue weighted by Crippen LogP contribution is -2.39. The number of nitrogens with zero attached hydrogens (tertiary/aromatic N) is 3. The van der Waals surface area contributed by atoms with Crippen molar-refractivity contribution in [1.29, 1.82) is 0 Å². The number of amides is 1. The van der Waals surface area contributed by atoms with E-state index in [0.717, 1.165) is 45.0 Å². The van der Waals surface area contributed by atoms with Gasteiger partial charge in [0, 0.05) is 38.6 Å². The van der Waals surface area contributed by atoms with Crippen molar-refractivity contribution in [3.05, 3.63) is 47.8 Å². The topological polar surface area (TPSA) is 79.4 Å². The molecule has 0 radical (unpaired) electrons. The Bertz CT molecular complexity index is 731. The van der Waals surface area contributed by atoms with Crippen molar-refractivity contribution in [3.8, 4) is 0 Å². The van der Waals surface area contributed by atoms with Gasteiger partial charge in [0.25, 0.3) is 5.91 Å². The first-order valence-corrected chi connectivity index (χ1v) is 8.25. The average Bonchev–Trinajstić information content (AvgIpc) is 2.66. The van der Waals surface area contributed by atoms with Crippen LogP contribution in [0, 0.1) is 11.6 Å². The molecule has 9 heteroatoms. The number of morpholine rings is 1. The average molecular weight is 363 g/mol. The minimum atomic E-state index is -0.847.